The summed E-state index contributed by atoms with van der Waals surface area (Å²) in [5.41, 5.74) is 8.69. The summed E-state index contributed by atoms with van der Waals surface area (Å²) < 4.78 is 5.33. The molecule has 0 aliphatic carbocycles. The van der Waals surface area contributed by atoms with Gasteiger partial charge in [0.25, 0.3) is 0 Å². The number of aromatic nitrogens is 2. The Hall–Kier alpha value is -2.36. The van der Waals surface area contributed by atoms with E-state index >= 15 is 0 Å². The Morgan fingerprint density at radius 3 is 3.00 bits per heavy atom. The normalized spacial score (nSPS) is 10.9. The van der Waals surface area contributed by atoms with Crippen LogP contribution < -0.4 is 5.73 Å². The lowest BCUT2D eigenvalue weighted by Gasteiger charge is -2.01. The Bertz CT molecular complexity index is 703. The first-order valence-corrected chi connectivity index (χ1v) is 5.88. The van der Waals surface area contributed by atoms with Gasteiger partial charge in [0.1, 0.15) is 0 Å². The zero-order valence-electron chi connectivity index (χ0n) is 10.1. The molecule has 3 rings (SSSR count). The SMILES string of the molecule is CCc1c(N)noc1-c1ccc2ncccc2c1. The summed E-state index contributed by atoms with van der Waals surface area (Å²) in [7, 11) is 0. The zero-order chi connectivity index (χ0) is 12.5. The Kier molecular flexibility index (Phi) is 2.48. The smallest absolute Gasteiger partial charge is 0.172 e. The summed E-state index contributed by atoms with van der Waals surface area (Å²) in [5.74, 6) is 1.22. The lowest BCUT2D eigenvalue weighted by atomic mass is 10.0. The molecule has 0 amide bonds. The van der Waals surface area contributed by atoms with E-state index in [9.17, 15) is 0 Å². The first kappa shape index (κ1) is 10.8. The number of benzene rings is 1. The first-order valence-electron chi connectivity index (χ1n) is 5.88. The van der Waals surface area contributed by atoms with Crippen LogP contribution in [-0.4, -0.2) is 10.1 Å². The molecule has 1 aromatic carbocycles. The molecule has 0 aliphatic heterocycles. The van der Waals surface area contributed by atoms with Crippen LogP contribution in [0, 0.1) is 0 Å². The third-order valence-electron chi connectivity index (χ3n) is 3.04. The van der Waals surface area contributed by atoms with Crippen LogP contribution in [-0.2, 0) is 6.42 Å². The number of nitrogens with zero attached hydrogens (tertiary/aromatic N) is 2. The van der Waals surface area contributed by atoms with Gasteiger partial charge in [-0.3, -0.25) is 4.98 Å². The predicted molar refractivity (Wildman–Crippen MR) is 71.0 cm³/mol. The van der Waals surface area contributed by atoms with E-state index < -0.39 is 0 Å². The second kappa shape index (κ2) is 4.14. The van der Waals surface area contributed by atoms with E-state index in [4.69, 9.17) is 10.3 Å². The van der Waals surface area contributed by atoms with Crippen molar-refractivity contribution in [1.29, 1.82) is 0 Å². The molecule has 18 heavy (non-hydrogen) atoms. The molecule has 0 saturated heterocycles. The van der Waals surface area contributed by atoms with Crippen molar-refractivity contribution in [2.24, 2.45) is 0 Å². The van der Waals surface area contributed by atoms with Crippen molar-refractivity contribution >= 4 is 16.7 Å². The molecule has 0 fully saturated rings. The van der Waals surface area contributed by atoms with E-state index in [-0.39, 0.29) is 0 Å². The number of nitrogens with two attached hydrogens (primary N) is 1. The molecular weight excluding hydrogens is 226 g/mol. The number of fused-ring (bicyclic) bond motifs is 1. The molecule has 4 heteroatoms. The van der Waals surface area contributed by atoms with Crippen LogP contribution in [0.15, 0.2) is 41.1 Å². The standard InChI is InChI=1S/C14H13N3O/c1-2-11-13(18-17-14(11)15)10-5-6-12-9(8-10)4-3-7-16-12/h3-8H,2H2,1H3,(H2,15,17). The average Bonchev–Trinajstić information content (AvgIpc) is 2.79. The number of pyridine rings is 1. The van der Waals surface area contributed by atoms with E-state index in [1.807, 2.05) is 37.3 Å². The third-order valence-corrected chi connectivity index (χ3v) is 3.04. The number of hydrogen-bond donors (Lipinski definition) is 1. The predicted octanol–water partition coefficient (Wildman–Crippen LogP) is 3.03. The molecule has 2 N–H and O–H groups in total. The molecular formula is C14H13N3O. The summed E-state index contributed by atoms with van der Waals surface area (Å²) in [5, 5.41) is 4.91. The van der Waals surface area contributed by atoms with Crippen LogP contribution >= 0.6 is 0 Å². The van der Waals surface area contributed by atoms with Crippen molar-refractivity contribution < 1.29 is 4.52 Å². The summed E-state index contributed by atoms with van der Waals surface area (Å²) in [6.45, 7) is 2.04. The molecule has 2 aromatic heterocycles. The van der Waals surface area contributed by atoms with Gasteiger partial charge in [0.15, 0.2) is 11.6 Å². The third kappa shape index (κ3) is 1.62. The molecule has 0 aliphatic rings. The number of rotatable bonds is 2. The van der Waals surface area contributed by atoms with Crippen molar-refractivity contribution in [2.45, 2.75) is 13.3 Å². The van der Waals surface area contributed by atoms with Crippen molar-refractivity contribution in [3.63, 3.8) is 0 Å². The minimum atomic E-state index is 0.471. The molecule has 0 atom stereocenters. The largest absolute Gasteiger partial charge is 0.381 e. The fraction of sp³-hybridized carbons (Fsp3) is 0.143. The van der Waals surface area contributed by atoms with Gasteiger partial charge in [-0.2, -0.15) is 0 Å². The van der Waals surface area contributed by atoms with Gasteiger partial charge >= 0.3 is 0 Å². The summed E-state index contributed by atoms with van der Waals surface area (Å²) >= 11 is 0. The minimum absolute atomic E-state index is 0.471. The molecule has 0 spiro atoms. The molecule has 0 unspecified atom stereocenters. The molecule has 0 radical (unpaired) electrons. The summed E-state index contributed by atoms with van der Waals surface area (Å²) in [6.07, 6.45) is 2.58. The molecule has 0 bridgehead atoms. The van der Waals surface area contributed by atoms with Crippen molar-refractivity contribution in [3.05, 3.63) is 42.1 Å². The van der Waals surface area contributed by atoms with Gasteiger partial charge in [0.05, 0.1) is 5.52 Å². The van der Waals surface area contributed by atoms with Gasteiger partial charge < -0.3 is 10.3 Å². The molecule has 4 nitrogen and oxygen atoms in total. The topological polar surface area (TPSA) is 64.9 Å². The Labute approximate surface area is 104 Å². The fourth-order valence-electron chi connectivity index (χ4n) is 2.11. The quantitative estimate of drug-likeness (QED) is 0.746. The highest BCUT2D eigenvalue weighted by molar-refractivity contribution is 5.84. The Morgan fingerprint density at radius 2 is 2.17 bits per heavy atom. The highest BCUT2D eigenvalue weighted by Crippen LogP contribution is 2.29. The van der Waals surface area contributed by atoms with Crippen molar-refractivity contribution in [2.75, 3.05) is 5.73 Å². The van der Waals surface area contributed by atoms with Gasteiger partial charge in [-0.05, 0) is 30.7 Å². The first-order chi connectivity index (χ1) is 8.79. The van der Waals surface area contributed by atoms with Gasteiger partial charge in [0, 0.05) is 22.7 Å². The molecule has 2 heterocycles. The lowest BCUT2D eigenvalue weighted by Crippen LogP contribution is -1.91. The molecule has 90 valence electrons. The maximum atomic E-state index is 5.78. The van der Waals surface area contributed by atoms with Crippen LogP contribution in [0.5, 0.6) is 0 Å². The second-order valence-electron chi connectivity index (χ2n) is 4.14. The molecule has 3 aromatic rings. The average molecular weight is 239 g/mol. The van der Waals surface area contributed by atoms with Crippen LogP contribution in [0.4, 0.5) is 5.82 Å². The Morgan fingerprint density at radius 1 is 1.28 bits per heavy atom. The monoisotopic (exact) mass is 239 g/mol. The maximum absolute atomic E-state index is 5.78. The number of hydrogen-bond acceptors (Lipinski definition) is 4. The van der Waals surface area contributed by atoms with E-state index in [0.29, 0.717) is 5.82 Å². The van der Waals surface area contributed by atoms with Gasteiger partial charge in [-0.1, -0.05) is 18.1 Å². The highest BCUT2D eigenvalue weighted by Gasteiger charge is 2.14. The van der Waals surface area contributed by atoms with Crippen molar-refractivity contribution in [1.82, 2.24) is 10.1 Å². The van der Waals surface area contributed by atoms with Crippen LogP contribution in [0.2, 0.25) is 0 Å². The second-order valence-corrected chi connectivity index (χ2v) is 4.14. The van der Waals surface area contributed by atoms with Crippen LogP contribution in [0.3, 0.4) is 0 Å². The minimum Gasteiger partial charge on any atom is -0.381 e. The molecule has 0 saturated carbocycles. The van der Waals surface area contributed by atoms with E-state index in [0.717, 1.165) is 34.2 Å². The summed E-state index contributed by atoms with van der Waals surface area (Å²) in [4.78, 5) is 4.29. The summed E-state index contributed by atoms with van der Waals surface area (Å²) in [6, 6.07) is 9.94. The fourth-order valence-corrected chi connectivity index (χ4v) is 2.11. The van der Waals surface area contributed by atoms with Gasteiger partial charge in [-0.25, -0.2) is 0 Å². The lowest BCUT2D eigenvalue weighted by molar-refractivity contribution is 0.435. The van der Waals surface area contributed by atoms with E-state index in [2.05, 4.69) is 10.1 Å². The van der Waals surface area contributed by atoms with Crippen molar-refractivity contribution in [3.8, 4) is 11.3 Å². The highest BCUT2D eigenvalue weighted by atomic mass is 16.5. The van der Waals surface area contributed by atoms with E-state index in [1.54, 1.807) is 6.20 Å². The maximum Gasteiger partial charge on any atom is 0.172 e. The number of anilines is 1. The zero-order valence-corrected chi connectivity index (χ0v) is 10.1. The van der Waals surface area contributed by atoms with Crippen LogP contribution in [0.1, 0.15) is 12.5 Å². The van der Waals surface area contributed by atoms with Gasteiger partial charge in [0.2, 0.25) is 0 Å². The van der Waals surface area contributed by atoms with Gasteiger partial charge in [-0.15, -0.1) is 0 Å². The number of nitrogen functional groups attached to an aromatic ring is 1. The Balaban J connectivity index is 2.19. The van der Waals surface area contributed by atoms with Crippen LogP contribution in [0.25, 0.3) is 22.2 Å². The van der Waals surface area contributed by atoms with E-state index in [1.165, 1.54) is 0 Å².